The van der Waals surface area contributed by atoms with E-state index in [0.717, 1.165) is 19.0 Å². The maximum absolute atomic E-state index is 12.4. The summed E-state index contributed by atoms with van der Waals surface area (Å²) in [5, 5.41) is 11.0. The van der Waals surface area contributed by atoms with Crippen LogP contribution in [0.5, 0.6) is 0 Å². The van der Waals surface area contributed by atoms with Gasteiger partial charge in [0.25, 0.3) is 11.6 Å². The zero-order chi connectivity index (χ0) is 14.7. The number of pyridine rings is 1. The summed E-state index contributed by atoms with van der Waals surface area (Å²) in [6.07, 6.45) is 2.44. The molecule has 1 aromatic heterocycles. The second-order valence-corrected chi connectivity index (χ2v) is 4.93. The lowest BCUT2D eigenvalue weighted by atomic mass is 10.1. The molecule has 0 saturated carbocycles. The van der Waals surface area contributed by atoms with Crippen LogP contribution in [0.25, 0.3) is 0 Å². The first-order valence-corrected chi connectivity index (χ1v) is 6.53. The Morgan fingerprint density at radius 2 is 2.20 bits per heavy atom. The van der Waals surface area contributed by atoms with Crippen LogP contribution in [-0.4, -0.2) is 47.0 Å². The first kappa shape index (κ1) is 14.7. The van der Waals surface area contributed by atoms with Gasteiger partial charge in [-0.3, -0.25) is 14.9 Å². The van der Waals surface area contributed by atoms with Crippen LogP contribution in [0.4, 0.5) is 5.69 Å². The van der Waals surface area contributed by atoms with Crippen LogP contribution in [-0.2, 0) is 4.74 Å². The molecule has 0 spiro atoms. The average Bonchev–Trinajstić information content (AvgIpc) is 2.46. The van der Waals surface area contributed by atoms with Crippen molar-refractivity contribution in [2.24, 2.45) is 0 Å². The average molecular weight is 300 g/mol. The van der Waals surface area contributed by atoms with Gasteiger partial charge in [0, 0.05) is 26.3 Å². The molecule has 108 valence electrons. The van der Waals surface area contributed by atoms with Crippen LogP contribution in [0, 0.1) is 10.1 Å². The first-order valence-electron chi connectivity index (χ1n) is 6.15. The summed E-state index contributed by atoms with van der Waals surface area (Å²) in [6, 6.07) is 1.25. The summed E-state index contributed by atoms with van der Waals surface area (Å²) in [7, 11) is 1.64. The van der Waals surface area contributed by atoms with Gasteiger partial charge in [0.15, 0.2) is 0 Å². The largest absolute Gasteiger partial charge is 0.381 e. The van der Waals surface area contributed by atoms with E-state index < -0.39 is 10.8 Å². The van der Waals surface area contributed by atoms with Gasteiger partial charge in [-0.25, -0.2) is 4.98 Å². The second-order valence-electron chi connectivity index (χ2n) is 4.54. The fourth-order valence-electron chi connectivity index (χ4n) is 2.17. The molecule has 1 aliphatic heterocycles. The summed E-state index contributed by atoms with van der Waals surface area (Å²) in [5.74, 6) is -0.423. The van der Waals surface area contributed by atoms with Crippen molar-refractivity contribution in [3.05, 3.63) is 33.1 Å². The molecular weight excluding hydrogens is 286 g/mol. The maximum atomic E-state index is 12.4. The van der Waals surface area contributed by atoms with Crippen LogP contribution in [0.2, 0.25) is 5.15 Å². The lowest BCUT2D eigenvalue weighted by molar-refractivity contribution is -0.385. The number of carbonyl (C=O) groups is 1. The number of ether oxygens (including phenoxy) is 1. The quantitative estimate of drug-likeness (QED) is 0.483. The van der Waals surface area contributed by atoms with Crippen molar-refractivity contribution in [3.8, 4) is 0 Å². The molecule has 1 aliphatic rings. The Balaban J connectivity index is 2.27. The lowest BCUT2D eigenvalue weighted by Crippen LogP contribution is -2.40. The van der Waals surface area contributed by atoms with Gasteiger partial charge in [-0.15, -0.1) is 0 Å². The molecule has 1 amide bonds. The third kappa shape index (κ3) is 3.05. The number of hydrogen-bond acceptors (Lipinski definition) is 5. The first-order chi connectivity index (χ1) is 9.50. The minimum absolute atomic E-state index is 0.0165. The monoisotopic (exact) mass is 299 g/mol. The molecule has 1 aromatic rings. The predicted octanol–water partition coefficient (Wildman–Crippen LogP) is 1.89. The lowest BCUT2D eigenvalue weighted by Gasteiger charge is -2.31. The summed E-state index contributed by atoms with van der Waals surface area (Å²) >= 11 is 5.73. The molecule has 0 bridgehead atoms. The highest BCUT2D eigenvalue weighted by atomic mass is 35.5. The topological polar surface area (TPSA) is 85.6 Å². The standard InChI is InChI=1S/C12H14ClN3O4/c1-15(8-2-4-20-5-3-8)12(17)9-6-11(13)14-7-10(9)16(18)19/h6-8H,2-5H2,1H3. The summed E-state index contributed by atoms with van der Waals surface area (Å²) in [5.41, 5.74) is -0.373. The molecule has 2 rings (SSSR count). The molecule has 0 radical (unpaired) electrons. The van der Waals surface area contributed by atoms with Gasteiger partial charge >= 0.3 is 0 Å². The van der Waals surface area contributed by atoms with Crippen LogP contribution >= 0.6 is 11.6 Å². The molecule has 0 atom stereocenters. The van der Waals surface area contributed by atoms with E-state index in [4.69, 9.17) is 16.3 Å². The Labute approximate surface area is 120 Å². The van der Waals surface area contributed by atoms with Crippen molar-refractivity contribution in [1.29, 1.82) is 0 Å². The zero-order valence-corrected chi connectivity index (χ0v) is 11.7. The number of aromatic nitrogens is 1. The van der Waals surface area contributed by atoms with Crippen molar-refractivity contribution < 1.29 is 14.5 Å². The van der Waals surface area contributed by atoms with Gasteiger partial charge < -0.3 is 9.64 Å². The smallest absolute Gasteiger partial charge is 0.300 e. The van der Waals surface area contributed by atoms with E-state index in [0.29, 0.717) is 13.2 Å². The van der Waals surface area contributed by atoms with Crippen LogP contribution in [0.15, 0.2) is 12.3 Å². The number of halogens is 1. The molecule has 0 aliphatic carbocycles. The van der Waals surface area contributed by atoms with E-state index in [9.17, 15) is 14.9 Å². The van der Waals surface area contributed by atoms with Crippen molar-refractivity contribution >= 4 is 23.2 Å². The molecular formula is C12H14ClN3O4. The fourth-order valence-corrected chi connectivity index (χ4v) is 2.33. The minimum atomic E-state index is -0.631. The van der Waals surface area contributed by atoms with Crippen LogP contribution in [0.1, 0.15) is 23.2 Å². The molecule has 7 nitrogen and oxygen atoms in total. The highest BCUT2D eigenvalue weighted by molar-refractivity contribution is 6.29. The molecule has 8 heteroatoms. The summed E-state index contributed by atoms with van der Waals surface area (Å²) < 4.78 is 5.24. The van der Waals surface area contributed by atoms with E-state index in [1.165, 1.54) is 11.0 Å². The van der Waals surface area contributed by atoms with Crippen molar-refractivity contribution in [2.45, 2.75) is 18.9 Å². The second kappa shape index (κ2) is 6.15. The van der Waals surface area contributed by atoms with Gasteiger partial charge in [0.05, 0.1) is 4.92 Å². The molecule has 2 heterocycles. The third-order valence-electron chi connectivity index (χ3n) is 3.34. The summed E-state index contributed by atoms with van der Waals surface area (Å²) in [6.45, 7) is 1.17. The summed E-state index contributed by atoms with van der Waals surface area (Å²) in [4.78, 5) is 27.9. The number of rotatable bonds is 3. The van der Waals surface area contributed by atoms with Gasteiger partial charge in [-0.05, 0) is 18.9 Å². The molecule has 0 unspecified atom stereocenters. The highest BCUT2D eigenvalue weighted by Gasteiger charge is 2.28. The van der Waals surface area contributed by atoms with E-state index in [-0.39, 0.29) is 22.4 Å². The molecule has 1 fully saturated rings. The number of carbonyl (C=O) groups excluding carboxylic acids is 1. The van der Waals surface area contributed by atoms with Crippen molar-refractivity contribution in [3.63, 3.8) is 0 Å². The van der Waals surface area contributed by atoms with Gasteiger partial charge in [-0.2, -0.15) is 0 Å². The van der Waals surface area contributed by atoms with Crippen LogP contribution < -0.4 is 0 Å². The SMILES string of the molecule is CN(C(=O)c1cc(Cl)ncc1[N+](=O)[O-])C1CCOCC1. The van der Waals surface area contributed by atoms with Gasteiger partial charge in [-0.1, -0.05) is 11.6 Å². The highest BCUT2D eigenvalue weighted by Crippen LogP contribution is 2.24. The molecule has 20 heavy (non-hydrogen) atoms. The number of amides is 1. The maximum Gasteiger partial charge on any atom is 0.300 e. The number of nitrogens with zero attached hydrogens (tertiary/aromatic N) is 3. The van der Waals surface area contributed by atoms with Crippen LogP contribution in [0.3, 0.4) is 0 Å². The van der Waals surface area contributed by atoms with E-state index in [2.05, 4.69) is 4.98 Å². The fraction of sp³-hybridized carbons (Fsp3) is 0.500. The Kier molecular flexibility index (Phi) is 4.51. The molecule has 0 N–H and O–H groups in total. The predicted molar refractivity (Wildman–Crippen MR) is 71.8 cm³/mol. The Morgan fingerprint density at radius 1 is 1.55 bits per heavy atom. The third-order valence-corrected chi connectivity index (χ3v) is 3.54. The zero-order valence-electron chi connectivity index (χ0n) is 10.9. The van der Waals surface area contributed by atoms with Gasteiger partial charge in [0.1, 0.15) is 16.9 Å². The Bertz CT molecular complexity index is 531. The van der Waals surface area contributed by atoms with E-state index >= 15 is 0 Å². The Morgan fingerprint density at radius 3 is 2.80 bits per heavy atom. The Hall–Kier alpha value is -1.73. The van der Waals surface area contributed by atoms with Crippen molar-refractivity contribution in [1.82, 2.24) is 9.88 Å². The normalized spacial score (nSPS) is 15.9. The van der Waals surface area contributed by atoms with Crippen molar-refractivity contribution in [2.75, 3.05) is 20.3 Å². The van der Waals surface area contributed by atoms with Gasteiger partial charge in [0.2, 0.25) is 0 Å². The number of hydrogen-bond donors (Lipinski definition) is 0. The minimum Gasteiger partial charge on any atom is -0.381 e. The molecule has 1 saturated heterocycles. The number of nitro groups is 1. The molecule has 0 aromatic carbocycles. The van der Waals surface area contributed by atoms with E-state index in [1.54, 1.807) is 7.05 Å². The van der Waals surface area contributed by atoms with E-state index in [1.807, 2.05) is 0 Å².